The van der Waals surface area contributed by atoms with E-state index >= 15 is 0 Å². The molecular weight excluding hydrogens is 304 g/mol. The van der Waals surface area contributed by atoms with Crippen LogP contribution in [0.3, 0.4) is 0 Å². The molecule has 0 fully saturated rings. The third-order valence-corrected chi connectivity index (χ3v) is 4.24. The predicted octanol–water partition coefficient (Wildman–Crippen LogP) is 2.94. The molecule has 5 nitrogen and oxygen atoms in total. The molecule has 0 spiro atoms. The van der Waals surface area contributed by atoms with Crippen molar-refractivity contribution in [3.63, 3.8) is 0 Å². The van der Waals surface area contributed by atoms with Gasteiger partial charge in [0.15, 0.2) is 6.10 Å². The van der Waals surface area contributed by atoms with Crippen molar-refractivity contribution in [2.45, 2.75) is 26.4 Å². The Morgan fingerprint density at radius 3 is 2.75 bits per heavy atom. The maximum Gasteiger partial charge on any atom is 0.268 e. The molecule has 0 aliphatic carbocycles. The number of ether oxygens (including phenoxy) is 2. The number of nitrogens with zero attached hydrogens (tertiary/aromatic N) is 1. The van der Waals surface area contributed by atoms with E-state index in [1.54, 1.807) is 24.1 Å². The van der Waals surface area contributed by atoms with E-state index in [1.807, 2.05) is 38.1 Å². The standard InChI is InChI=1S/C19H22N2O3/c1-4-21-15-11-14(20)6-8-17(15)24-18(19(21)22)10-13-9-12(2)5-7-16(13)23-3/h5-9,11,18H,4,10,20H2,1-3H3. The molecule has 24 heavy (non-hydrogen) atoms. The maximum absolute atomic E-state index is 12.8. The van der Waals surface area contributed by atoms with Gasteiger partial charge in [-0.25, -0.2) is 0 Å². The summed E-state index contributed by atoms with van der Waals surface area (Å²) in [6.45, 7) is 4.53. The summed E-state index contributed by atoms with van der Waals surface area (Å²) in [5.74, 6) is 1.39. The van der Waals surface area contributed by atoms with Crippen LogP contribution in [0.25, 0.3) is 0 Å². The number of methoxy groups -OCH3 is 1. The van der Waals surface area contributed by atoms with Gasteiger partial charge in [0, 0.05) is 18.7 Å². The molecule has 0 radical (unpaired) electrons. The molecule has 1 aliphatic rings. The molecule has 1 heterocycles. The molecule has 5 heteroatoms. The van der Waals surface area contributed by atoms with Crippen molar-refractivity contribution in [2.75, 3.05) is 24.3 Å². The zero-order valence-electron chi connectivity index (χ0n) is 14.2. The molecule has 2 aromatic rings. The SMILES string of the molecule is CCN1C(=O)C(Cc2cc(C)ccc2OC)Oc2ccc(N)cc21. The summed E-state index contributed by atoms with van der Waals surface area (Å²) in [4.78, 5) is 14.6. The molecule has 0 aromatic heterocycles. The zero-order valence-corrected chi connectivity index (χ0v) is 14.2. The molecule has 2 aromatic carbocycles. The van der Waals surface area contributed by atoms with E-state index in [4.69, 9.17) is 15.2 Å². The van der Waals surface area contributed by atoms with E-state index < -0.39 is 6.10 Å². The van der Waals surface area contributed by atoms with Gasteiger partial charge >= 0.3 is 0 Å². The average Bonchev–Trinajstić information content (AvgIpc) is 2.56. The lowest BCUT2D eigenvalue weighted by Gasteiger charge is -2.34. The second-order valence-electron chi connectivity index (χ2n) is 5.94. The smallest absolute Gasteiger partial charge is 0.268 e. The van der Waals surface area contributed by atoms with Gasteiger partial charge in [0.05, 0.1) is 12.8 Å². The van der Waals surface area contributed by atoms with Crippen LogP contribution in [0, 0.1) is 6.92 Å². The molecule has 2 N–H and O–H groups in total. The van der Waals surface area contributed by atoms with Crippen molar-refractivity contribution in [1.29, 1.82) is 0 Å². The highest BCUT2D eigenvalue weighted by Crippen LogP contribution is 2.36. The van der Waals surface area contributed by atoms with Gasteiger partial charge in [-0.1, -0.05) is 17.7 Å². The van der Waals surface area contributed by atoms with Gasteiger partial charge in [-0.2, -0.15) is 0 Å². The number of rotatable bonds is 4. The van der Waals surface area contributed by atoms with Gasteiger partial charge in [0.25, 0.3) is 5.91 Å². The fourth-order valence-corrected chi connectivity index (χ4v) is 3.06. The minimum absolute atomic E-state index is 0.0563. The van der Waals surface area contributed by atoms with Crippen LogP contribution >= 0.6 is 0 Å². The molecule has 3 rings (SSSR count). The summed E-state index contributed by atoms with van der Waals surface area (Å²) < 4.78 is 11.4. The quantitative estimate of drug-likeness (QED) is 0.877. The van der Waals surface area contributed by atoms with Crippen molar-refractivity contribution < 1.29 is 14.3 Å². The van der Waals surface area contributed by atoms with Gasteiger partial charge < -0.3 is 20.1 Å². The van der Waals surface area contributed by atoms with Crippen LogP contribution in [0.4, 0.5) is 11.4 Å². The molecule has 1 aliphatic heterocycles. The summed E-state index contributed by atoms with van der Waals surface area (Å²) in [5, 5.41) is 0. The van der Waals surface area contributed by atoms with Crippen molar-refractivity contribution >= 4 is 17.3 Å². The lowest BCUT2D eigenvalue weighted by atomic mass is 10.0. The number of aryl methyl sites for hydroxylation is 1. The van der Waals surface area contributed by atoms with Gasteiger partial charge in [-0.3, -0.25) is 4.79 Å². The fraction of sp³-hybridized carbons (Fsp3) is 0.316. The van der Waals surface area contributed by atoms with Crippen LogP contribution in [-0.4, -0.2) is 25.7 Å². The minimum atomic E-state index is -0.572. The summed E-state index contributed by atoms with van der Waals surface area (Å²) in [6, 6.07) is 11.3. The van der Waals surface area contributed by atoms with Crippen LogP contribution in [0.5, 0.6) is 11.5 Å². The van der Waals surface area contributed by atoms with Crippen molar-refractivity contribution in [1.82, 2.24) is 0 Å². The number of amides is 1. The van der Waals surface area contributed by atoms with Crippen LogP contribution in [0.2, 0.25) is 0 Å². The topological polar surface area (TPSA) is 64.8 Å². The fourth-order valence-electron chi connectivity index (χ4n) is 3.06. The number of hydrogen-bond donors (Lipinski definition) is 1. The zero-order chi connectivity index (χ0) is 17.3. The Hall–Kier alpha value is -2.69. The second-order valence-corrected chi connectivity index (χ2v) is 5.94. The molecule has 0 saturated carbocycles. The van der Waals surface area contributed by atoms with Crippen LogP contribution in [0.1, 0.15) is 18.1 Å². The van der Waals surface area contributed by atoms with Crippen molar-refractivity contribution in [3.8, 4) is 11.5 Å². The first-order valence-electron chi connectivity index (χ1n) is 8.04. The minimum Gasteiger partial charge on any atom is -0.496 e. The molecule has 1 atom stereocenters. The van der Waals surface area contributed by atoms with Gasteiger partial charge in [0.2, 0.25) is 0 Å². The van der Waals surface area contributed by atoms with Gasteiger partial charge in [-0.05, 0) is 43.7 Å². The van der Waals surface area contributed by atoms with Crippen LogP contribution in [0.15, 0.2) is 36.4 Å². The monoisotopic (exact) mass is 326 g/mol. The lowest BCUT2D eigenvalue weighted by Crippen LogP contribution is -2.46. The molecule has 1 unspecified atom stereocenters. The maximum atomic E-state index is 12.8. The van der Waals surface area contributed by atoms with E-state index in [0.717, 1.165) is 22.6 Å². The number of nitrogen functional groups attached to an aromatic ring is 1. The number of nitrogens with two attached hydrogens (primary N) is 1. The molecule has 126 valence electrons. The van der Waals surface area contributed by atoms with Gasteiger partial charge in [0.1, 0.15) is 11.5 Å². The summed E-state index contributed by atoms with van der Waals surface area (Å²) >= 11 is 0. The van der Waals surface area contributed by atoms with E-state index in [9.17, 15) is 4.79 Å². The summed E-state index contributed by atoms with van der Waals surface area (Å²) in [5.41, 5.74) is 9.28. The number of hydrogen-bond acceptors (Lipinski definition) is 4. The summed E-state index contributed by atoms with van der Waals surface area (Å²) in [7, 11) is 1.63. The molecular formula is C19H22N2O3. The first-order valence-corrected chi connectivity index (χ1v) is 8.04. The number of carbonyl (C=O) groups excluding carboxylic acids is 1. The first-order chi connectivity index (χ1) is 11.5. The number of fused-ring (bicyclic) bond motifs is 1. The Labute approximate surface area is 142 Å². The van der Waals surface area contributed by atoms with E-state index in [0.29, 0.717) is 24.4 Å². The van der Waals surface area contributed by atoms with Crippen molar-refractivity contribution in [3.05, 3.63) is 47.5 Å². The highest BCUT2D eigenvalue weighted by Gasteiger charge is 2.34. The normalized spacial score (nSPS) is 16.5. The van der Waals surface area contributed by atoms with E-state index in [2.05, 4.69) is 0 Å². The summed E-state index contributed by atoms with van der Waals surface area (Å²) in [6.07, 6.45) is -0.110. The number of anilines is 2. The van der Waals surface area contributed by atoms with E-state index in [1.165, 1.54) is 0 Å². The highest BCUT2D eigenvalue weighted by atomic mass is 16.5. The predicted molar refractivity (Wildman–Crippen MR) is 94.7 cm³/mol. The number of likely N-dealkylation sites (N-methyl/N-ethyl adjacent to an activating group) is 1. The average molecular weight is 326 g/mol. The Morgan fingerprint density at radius 1 is 1.25 bits per heavy atom. The lowest BCUT2D eigenvalue weighted by molar-refractivity contribution is -0.126. The Kier molecular flexibility index (Phi) is 4.34. The molecule has 0 saturated heterocycles. The largest absolute Gasteiger partial charge is 0.496 e. The van der Waals surface area contributed by atoms with Crippen LogP contribution < -0.4 is 20.1 Å². The third kappa shape index (κ3) is 2.89. The Morgan fingerprint density at radius 2 is 2.04 bits per heavy atom. The van der Waals surface area contributed by atoms with Crippen LogP contribution in [-0.2, 0) is 11.2 Å². The molecule has 1 amide bonds. The van der Waals surface area contributed by atoms with Gasteiger partial charge in [-0.15, -0.1) is 0 Å². The molecule has 0 bridgehead atoms. The Balaban J connectivity index is 1.94. The Bertz CT molecular complexity index is 773. The first kappa shape index (κ1) is 16.2. The van der Waals surface area contributed by atoms with E-state index in [-0.39, 0.29) is 5.91 Å². The van der Waals surface area contributed by atoms with Crippen molar-refractivity contribution in [2.24, 2.45) is 0 Å². The third-order valence-electron chi connectivity index (χ3n) is 4.24. The number of benzene rings is 2. The number of carbonyl (C=O) groups is 1. The highest BCUT2D eigenvalue weighted by molar-refractivity contribution is 6.00. The second kappa shape index (κ2) is 6.43.